The molecule has 1 aliphatic carbocycles. The van der Waals surface area contributed by atoms with Gasteiger partial charge in [0.1, 0.15) is 6.33 Å². The van der Waals surface area contributed by atoms with Crippen molar-refractivity contribution in [3.05, 3.63) is 89.5 Å². The number of piperazine rings is 1. The molecule has 9 heteroatoms. The average molecular weight is 506 g/mol. The predicted molar refractivity (Wildman–Crippen MR) is 148 cm³/mol. The van der Waals surface area contributed by atoms with Crippen LogP contribution in [0.3, 0.4) is 0 Å². The first kappa shape index (κ1) is 23.0. The summed E-state index contributed by atoms with van der Waals surface area (Å²) in [5, 5.41) is 6.97. The van der Waals surface area contributed by atoms with Gasteiger partial charge in [0, 0.05) is 69.2 Å². The molecule has 2 aromatic heterocycles. The van der Waals surface area contributed by atoms with Gasteiger partial charge >= 0.3 is 0 Å². The molecule has 0 amide bonds. The highest BCUT2D eigenvalue weighted by Crippen LogP contribution is 2.50. The van der Waals surface area contributed by atoms with Gasteiger partial charge in [-0.2, -0.15) is 4.98 Å². The molecule has 7 rings (SSSR count). The van der Waals surface area contributed by atoms with Crippen LogP contribution >= 0.6 is 0 Å². The van der Waals surface area contributed by atoms with E-state index in [1.165, 1.54) is 29.5 Å². The summed E-state index contributed by atoms with van der Waals surface area (Å²) >= 11 is 0. The average Bonchev–Trinajstić information content (AvgIpc) is 3.74. The van der Waals surface area contributed by atoms with Gasteiger partial charge in [0.15, 0.2) is 0 Å². The van der Waals surface area contributed by atoms with Gasteiger partial charge in [-0.3, -0.25) is 0 Å². The van der Waals surface area contributed by atoms with E-state index in [1.807, 2.05) is 18.5 Å². The number of nitrogens with zero attached hydrogens (tertiary/aromatic N) is 7. The zero-order valence-corrected chi connectivity index (χ0v) is 21.3. The topological polar surface area (TPSA) is 95.0 Å². The molecule has 2 aliphatic heterocycles. The van der Waals surface area contributed by atoms with E-state index in [4.69, 9.17) is 4.98 Å². The van der Waals surface area contributed by atoms with E-state index >= 15 is 0 Å². The van der Waals surface area contributed by atoms with Crippen molar-refractivity contribution in [3.63, 3.8) is 0 Å². The van der Waals surface area contributed by atoms with Crippen LogP contribution in [0.15, 0.2) is 67.3 Å². The van der Waals surface area contributed by atoms with Gasteiger partial charge < -0.3 is 20.4 Å². The number of aromatic nitrogens is 5. The Labute approximate surface area is 222 Å². The summed E-state index contributed by atoms with van der Waals surface area (Å²) in [4.78, 5) is 27.3. The maximum Gasteiger partial charge on any atom is 0.231 e. The quantitative estimate of drug-likeness (QED) is 0.408. The van der Waals surface area contributed by atoms with E-state index in [-0.39, 0.29) is 0 Å². The Morgan fingerprint density at radius 3 is 2.34 bits per heavy atom. The van der Waals surface area contributed by atoms with Crippen LogP contribution in [0.25, 0.3) is 0 Å². The van der Waals surface area contributed by atoms with Crippen LogP contribution in [0.2, 0.25) is 0 Å². The Balaban J connectivity index is 0.975. The van der Waals surface area contributed by atoms with Crippen LogP contribution in [0.4, 0.5) is 23.5 Å². The van der Waals surface area contributed by atoms with Crippen LogP contribution in [-0.4, -0.2) is 57.6 Å². The minimum Gasteiger partial charge on any atom is -0.337 e. The van der Waals surface area contributed by atoms with Crippen LogP contribution < -0.4 is 20.4 Å². The first-order valence-corrected chi connectivity index (χ1v) is 13.4. The number of benzene rings is 2. The van der Waals surface area contributed by atoms with Gasteiger partial charge in [0.05, 0.1) is 0 Å². The lowest BCUT2D eigenvalue weighted by atomic mass is 9.88. The molecule has 0 atom stereocenters. The fourth-order valence-electron chi connectivity index (χ4n) is 5.63. The zero-order valence-electron chi connectivity index (χ0n) is 21.3. The molecular weight excluding hydrogens is 474 g/mol. The first-order chi connectivity index (χ1) is 18.7. The maximum atomic E-state index is 4.72. The van der Waals surface area contributed by atoms with Gasteiger partial charge in [-0.25, -0.2) is 19.9 Å². The minimum atomic E-state index is 0.379. The summed E-state index contributed by atoms with van der Waals surface area (Å²) in [7, 11) is 0. The second kappa shape index (κ2) is 9.64. The fourth-order valence-corrected chi connectivity index (χ4v) is 5.63. The van der Waals surface area contributed by atoms with Gasteiger partial charge in [-0.15, -0.1) is 0 Å². The molecule has 0 bridgehead atoms. The van der Waals surface area contributed by atoms with Crippen molar-refractivity contribution in [2.45, 2.75) is 31.2 Å². The molecule has 1 spiro atoms. The van der Waals surface area contributed by atoms with Crippen molar-refractivity contribution in [2.75, 3.05) is 47.8 Å². The van der Waals surface area contributed by atoms with Crippen LogP contribution in [0, 0.1) is 0 Å². The monoisotopic (exact) mass is 505 g/mol. The van der Waals surface area contributed by atoms with E-state index in [1.54, 1.807) is 6.33 Å². The third kappa shape index (κ3) is 4.65. The van der Waals surface area contributed by atoms with Gasteiger partial charge in [0.25, 0.3) is 0 Å². The second-order valence-electron chi connectivity index (χ2n) is 10.5. The zero-order chi connectivity index (χ0) is 25.4. The lowest BCUT2D eigenvalue weighted by molar-refractivity contribution is 0.531. The molecule has 0 unspecified atom stereocenters. The third-order valence-corrected chi connectivity index (χ3v) is 7.91. The Morgan fingerprint density at radius 1 is 0.816 bits per heavy atom. The Bertz CT molecular complexity index is 1410. The van der Waals surface area contributed by atoms with E-state index in [2.05, 4.69) is 82.8 Å². The van der Waals surface area contributed by atoms with E-state index in [0.717, 1.165) is 62.9 Å². The summed E-state index contributed by atoms with van der Waals surface area (Å²) < 4.78 is 0. The van der Waals surface area contributed by atoms with Gasteiger partial charge in [-0.1, -0.05) is 36.4 Å². The normalized spacial score (nSPS) is 17.8. The third-order valence-electron chi connectivity index (χ3n) is 7.91. The van der Waals surface area contributed by atoms with E-state index < -0.39 is 0 Å². The maximum absolute atomic E-state index is 4.72. The molecule has 4 heterocycles. The molecule has 2 fully saturated rings. The van der Waals surface area contributed by atoms with Crippen molar-refractivity contribution in [1.82, 2.24) is 30.2 Å². The van der Waals surface area contributed by atoms with Crippen molar-refractivity contribution in [3.8, 4) is 0 Å². The number of fused-ring (bicyclic) bond motifs is 2. The van der Waals surface area contributed by atoms with Crippen molar-refractivity contribution in [2.24, 2.45) is 0 Å². The standard InChI is InChI=1S/C29H31N9/c1-2-4-21(5-3-1)14-22-16-31-27(32-17-22)37-10-12-38(13-11-37)28-34-20-33-26(36-28)35-24-6-7-25-23(15-24)18-30-19-29(25)8-9-29/h1-7,15-17,20,30H,8-14,18-19H2,(H,33,34,35,36). The predicted octanol–water partition coefficient (Wildman–Crippen LogP) is 3.46. The van der Waals surface area contributed by atoms with Gasteiger partial charge in [-0.05, 0) is 47.2 Å². The smallest absolute Gasteiger partial charge is 0.231 e. The molecule has 38 heavy (non-hydrogen) atoms. The van der Waals surface area contributed by atoms with Gasteiger partial charge in [0.2, 0.25) is 17.8 Å². The number of nitrogens with one attached hydrogen (secondary N) is 2. The SMILES string of the molecule is c1ccc(Cc2cnc(N3CCN(c4ncnc(Nc5ccc6c(c5)CNCC65CC5)n4)CC3)nc2)cc1. The summed E-state index contributed by atoms with van der Waals surface area (Å²) in [5.41, 5.74) is 6.65. The molecule has 3 aliphatic rings. The number of hydrogen-bond donors (Lipinski definition) is 2. The number of rotatable bonds is 6. The lowest BCUT2D eigenvalue weighted by Crippen LogP contribution is -2.47. The summed E-state index contributed by atoms with van der Waals surface area (Å²) in [6, 6.07) is 17.1. The van der Waals surface area contributed by atoms with Crippen molar-refractivity contribution in [1.29, 1.82) is 0 Å². The molecule has 0 radical (unpaired) electrons. The molecule has 9 nitrogen and oxygen atoms in total. The Hall–Kier alpha value is -4.11. The van der Waals surface area contributed by atoms with Crippen LogP contribution in [0.5, 0.6) is 0 Å². The highest BCUT2D eigenvalue weighted by Gasteiger charge is 2.46. The summed E-state index contributed by atoms with van der Waals surface area (Å²) in [5.74, 6) is 2.03. The van der Waals surface area contributed by atoms with E-state index in [9.17, 15) is 0 Å². The lowest BCUT2D eigenvalue weighted by Gasteiger charge is -2.34. The molecule has 1 saturated carbocycles. The highest BCUT2D eigenvalue weighted by molar-refractivity contribution is 5.58. The van der Waals surface area contributed by atoms with Crippen LogP contribution in [-0.2, 0) is 18.4 Å². The second-order valence-corrected chi connectivity index (χ2v) is 10.5. The van der Waals surface area contributed by atoms with Crippen molar-refractivity contribution < 1.29 is 0 Å². The molecular formula is C29H31N9. The summed E-state index contributed by atoms with van der Waals surface area (Å²) in [6.07, 6.45) is 8.88. The Kier molecular flexibility index (Phi) is 5.85. The molecule has 2 aromatic carbocycles. The fraction of sp³-hybridized carbons (Fsp3) is 0.345. The molecule has 1 saturated heterocycles. The van der Waals surface area contributed by atoms with Crippen molar-refractivity contribution >= 4 is 23.5 Å². The number of hydrogen-bond acceptors (Lipinski definition) is 9. The highest BCUT2D eigenvalue weighted by atomic mass is 15.4. The molecule has 4 aromatic rings. The summed E-state index contributed by atoms with van der Waals surface area (Å²) in [6.45, 7) is 5.23. The van der Waals surface area contributed by atoms with E-state index in [0.29, 0.717) is 17.3 Å². The number of anilines is 4. The minimum absolute atomic E-state index is 0.379. The van der Waals surface area contributed by atoms with Crippen LogP contribution in [0.1, 0.15) is 35.1 Å². The molecule has 192 valence electrons. The largest absolute Gasteiger partial charge is 0.337 e. The Morgan fingerprint density at radius 2 is 1.58 bits per heavy atom. The first-order valence-electron chi connectivity index (χ1n) is 13.4. The molecule has 2 N–H and O–H groups in total.